The van der Waals surface area contributed by atoms with Crippen molar-refractivity contribution >= 4 is 35.6 Å². The Morgan fingerprint density at radius 2 is 1.81 bits per heavy atom. The minimum atomic E-state index is -0.784. The molecule has 1 aromatic rings. The number of carboxylic acid groups (broad SMARTS) is 1. The van der Waals surface area contributed by atoms with Gasteiger partial charge >= 0.3 is 5.97 Å². The summed E-state index contributed by atoms with van der Waals surface area (Å²) in [6.45, 7) is 1.49. The van der Waals surface area contributed by atoms with Gasteiger partial charge < -0.3 is 15.1 Å². The maximum Gasteiger partial charge on any atom is 0.303 e. The van der Waals surface area contributed by atoms with Crippen molar-refractivity contribution in [2.75, 3.05) is 23.7 Å². The van der Waals surface area contributed by atoms with E-state index in [1.54, 1.807) is 12.1 Å². The summed E-state index contributed by atoms with van der Waals surface area (Å²) in [5.74, 6) is -0.162. The first kappa shape index (κ1) is 23.0. The van der Waals surface area contributed by atoms with Crippen LogP contribution in [0, 0.1) is 0 Å². The molecule has 3 N–H and O–H groups in total. The molecular formula is C18H25NO7S. The third-order valence-electron chi connectivity index (χ3n) is 3.88. The van der Waals surface area contributed by atoms with E-state index in [1.807, 2.05) is 12.1 Å². The molecule has 0 aliphatic rings. The van der Waals surface area contributed by atoms with Crippen LogP contribution in [0.5, 0.6) is 0 Å². The van der Waals surface area contributed by atoms with Gasteiger partial charge in [0.05, 0.1) is 11.8 Å². The molecule has 0 spiro atoms. The number of benzene rings is 1. The van der Waals surface area contributed by atoms with E-state index in [0.29, 0.717) is 24.0 Å². The molecule has 0 saturated heterocycles. The van der Waals surface area contributed by atoms with E-state index < -0.39 is 5.97 Å². The lowest BCUT2D eigenvalue weighted by Gasteiger charge is -2.25. The molecular weight excluding hydrogens is 374 g/mol. The average molecular weight is 399 g/mol. The lowest BCUT2D eigenvalue weighted by atomic mass is 10.1. The summed E-state index contributed by atoms with van der Waals surface area (Å²) in [5.41, 5.74) is 1.80. The summed E-state index contributed by atoms with van der Waals surface area (Å²) in [6, 6.07) is 7.28. The number of hydrogen-bond donors (Lipinski definition) is 3. The molecule has 0 unspecified atom stereocenters. The number of aldehydes is 1. The number of aliphatic carboxylic acids is 1. The Bertz CT molecular complexity index is 592. The second-order valence-electron chi connectivity index (χ2n) is 5.76. The molecule has 0 aliphatic heterocycles. The lowest BCUT2D eigenvalue weighted by molar-refractivity contribution is -0.432. The van der Waals surface area contributed by atoms with E-state index in [2.05, 4.69) is 14.3 Å². The minimum Gasteiger partial charge on any atom is -0.515 e. The van der Waals surface area contributed by atoms with Gasteiger partial charge in [0, 0.05) is 43.0 Å². The molecule has 1 rings (SSSR count). The van der Waals surface area contributed by atoms with Gasteiger partial charge in [-0.25, -0.2) is 5.26 Å². The van der Waals surface area contributed by atoms with Crippen molar-refractivity contribution in [3.63, 3.8) is 0 Å². The summed E-state index contributed by atoms with van der Waals surface area (Å²) in [7, 11) is 0. The largest absolute Gasteiger partial charge is 0.515 e. The van der Waals surface area contributed by atoms with E-state index in [4.69, 9.17) is 15.5 Å². The molecule has 9 heteroatoms. The van der Waals surface area contributed by atoms with Crippen molar-refractivity contribution in [2.45, 2.75) is 32.1 Å². The number of allylic oxidation sites excluding steroid dienone is 1. The first-order valence-corrected chi connectivity index (χ1v) is 9.50. The van der Waals surface area contributed by atoms with Crippen LogP contribution in [0.1, 0.15) is 37.7 Å². The fourth-order valence-electron chi connectivity index (χ4n) is 2.53. The highest BCUT2D eigenvalue weighted by molar-refractivity contribution is 7.94. The van der Waals surface area contributed by atoms with Gasteiger partial charge in [0.2, 0.25) is 0 Å². The van der Waals surface area contributed by atoms with Crippen LogP contribution in [0.3, 0.4) is 0 Å². The van der Waals surface area contributed by atoms with E-state index in [1.165, 1.54) is 0 Å². The number of carbonyl (C=O) groups is 2. The van der Waals surface area contributed by atoms with Crippen LogP contribution in [0.25, 0.3) is 5.57 Å². The number of rotatable bonds is 15. The monoisotopic (exact) mass is 399 g/mol. The molecule has 0 aromatic heterocycles. The molecule has 27 heavy (non-hydrogen) atoms. The molecule has 0 amide bonds. The van der Waals surface area contributed by atoms with Crippen LogP contribution in [-0.4, -0.2) is 46.6 Å². The highest BCUT2D eigenvalue weighted by atomic mass is 32.2. The van der Waals surface area contributed by atoms with E-state index >= 15 is 0 Å². The molecule has 0 fully saturated rings. The van der Waals surface area contributed by atoms with Crippen LogP contribution in [0.2, 0.25) is 0 Å². The Kier molecular flexibility index (Phi) is 11.9. The number of anilines is 1. The number of nitrogens with zero attached hydrogens (tertiary/aromatic N) is 1. The van der Waals surface area contributed by atoms with Gasteiger partial charge in [-0.15, -0.1) is 4.33 Å². The molecule has 8 nitrogen and oxygen atoms in total. The Morgan fingerprint density at radius 1 is 1.11 bits per heavy atom. The van der Waals surface area contributed by atoms with Crippen molar-refractivity contribution in [3.05, 3.63) is 36.1 Å². The summed E-state index contributed by atoms with van der Waals surface area (Å²) in [5, 5.41) is 29.4. The van der Waals surface area contributed by atoms with Crippen LogP contribution < -0.4 is 4.90 Å². The lowest BCUT2D eigenvalue weighted by Crippen LogP contribution is -2.26. The highest BCUT2D eigenvalue weighted by Gasteiger charge is 2.08. The van der Waals surface area contributed by atoms with Crippen molar-refractivity contribution in [1.29, 1.82) is 0 Å². The third-order valence-corrected chi connectivity index (χ3v) is 4.50. The van der Waals surface area contributed by atoms with Gasteiger partial charge in [-0.1, -0.05) is 23.6 Å². The topological polar surface area (TPSA) is 117 Å². The van der Waals surface area contributed by atoms with Gasteiger partial charge in [0.25, 0.3) is 0 Å². The van der Waals surface area contributed by atoms with Crippen molar-refractivity contribution in [3.8, 4) is 0 Å². The summed E-state index contributed by atoms with van der Waals surface area (Å²) in [6.07, 6.45) is 4.64. The van der Waals surface area contributed by atoms with Gasteiger partial charge in [0.1, 0.15) is 0 Å². The van der Waals surface area contributed by atoms with Gasteiger partial charge in [-0.3, -0.25) is 9.59 Å². The SMILES string of the molecule is O=C/C(=C/O)c1ccc(N(CCCCCC(=O)O)CCCSOOO)cc1. The maximum atomic E-state index is 10.9. The molecule has 0 bridgehead atoms. The van der Waals surface area contributed by atoms with Crippen LogP contribution in [-0.2, 0) is 19.0 Å². The van der Waals surface area contributed by atoms with E-state index in [9.17, 15) is 9.59 Å². The Morgan fingerprint density at radius 3 is 2.41 bits per heavy atom. The molecule has 0 atom stereocenters. The molecule has 0 saturated carbocycles. The standard InChI is InChI=1S/C18H25NO7S/c20-13-16(14-21)15-6-8-17(9-7-15)19(11-4-12-27-26-25-24)10-3-1-2-5-18(22)23/h6-9,13-14,20,24H,1-5,10-12H2,(H,22,23)/b16-13-. The molecule has 150 valence electrons. The fraction of sp³-hybridized carbons (Fsp3) is 0.444. The van der Waals surface area contributed by atoms with Crippen LogP contribution in [0.15, 0.2) is 30.5 Å². The Labute approximate surface area is 162 Å². The summed E-state index contributed by atoms with van der Waals surface area (Å²) < 4.78 is 4.36. The highest BCUT2D eigenvalue weighted by Crippen LogP contribution is 2.20. The average Bonchev–Trinajstić information content (AvgIpc) is 2.67. The molecule has 0 aliphatic carbocycles. The molecule has 0 radical (unpaired) electrons. The van der Waals surface area contributed by atoms with Crippen molar-refractivity contribution < 1.29 is 34.4 Å². The summed E-state index contributed by atoms with van der Waals surface area (Å²) >= 11 is 1.000. The van der Waals surface area contributed by atoms with Crippen LogP contribution >= 0.6 is 12.0 Å². The number of carbonyl (C=O) groups excluding carboxylic acids is 1. The predicted molar refractivity (Wildman–Crippen MR) is 103 cm³/mol. The van der Waals surface area contributed by atoms with Crippen molar-refractivity contribution in [2.24, 2.45) is 0 Å². The minimum absolute atomic E-state index is 0.172. The van der Waals surface area contributed by atoms with Gasteiger partial charge in [0.15, 0.2) is 6.29 Å². The first-order valence-electron chi connectivity index (χ1n) is 8.58. The zero-order valence-electron chi connectivity index (χ0n) is 15.0. The second kappa shape index (κ2) is 14.0. The normalized spacial score (nSPS) is 11.4. The maximum absolute atomic E-state index is 10.9. The molecule has 1 aromatic carbocycles. The zero-order chi connectivity index (χ0) is 19.9. The number of unbranched alkanes of at least 4 members (excludes halogenated alkanes) is 2. The smallest absolute Gasteiger partial charge is 0.303 e. The summed E-state index contributed by atoms with van der Waals surface area (Å²) in [4.78, 5) is 23.7. The van der Waals surface area contributed by atoms with Crippen molar-refractivity contribution in [1.82, 2.24) is 0 Å². The van der Waals surface area contributed by atoms with Gasteiger partial charge in [-0.05, 0) is 37.0 Å². The second-order valence-corrected chi connectivity index (χ2v) is 6.54. The number of aliphatic hydroxyl groups excluding tert-OH is 1. The number of carboxylic acids is 1. The molecule has 0 heterocycles. The zero-order valence-corrected chi connectivity index (χ0v) is 15.8. The quantitative estimate of drug-likeness (QED) is 0.0772. The predicted octanol–water partition coefficient (Wildman–Crippen LogP) is 3.70. The Balaban J connectivity index is 2.65. The Hall–Kier alpha value is -2.07. The van der Waals surface area contributed by atoms with E-state index in [-0.39, 0.29) is 12.0 Å². The third kappa shape index (κ3) is 9.43. The van der Waals surface area contributed by atoms with Gasteiger partial charge in [-0.2, -0.15) is 0 Å². The number of hydrogen-bond acceptors (Lipinski definition) is 8. The van der Waals surface area contributed by atoms with Crippen LogP contribution in [0.4, 0.5) is 5.69 Å². The first-order chi connectivity index (χ1) is 13.1. The number of aliphatic hydroxyl groups is 1. The fourth-order valence-corrected chi connectivity index (χ4v) is 2.89. The van der Waals surface area contributed by atoms with E-state index in [0.717, 1.165) is 56.3 Å².